The number of anilines is 2. The van der Waals surface area contributed by atoms with Crippen LogP contribution in [-0.2, 0) is 0 Å². The zero-order valence-corrected chi connectivity index (χ0v) is 11.7. The first-order valence-corrected chi connectivity index (χ1v) is 6.09. The molecule has 1 amide bonds. The third kappa shape index (κ3) is 2.74. The van der Waals surface area contributed by atoms with Crippen molar-refractivity contribution < 1.29 is 4.79 Å². The average molecular weight is 282 g/mol. The van der Waals surface area contributed by atoms with E-state index < -0.39 is 0 Å². The summed E-state index contributed by atoms with van der Waals surface area (Å²) in [4.78, 5) is 21.1. The molecular formula is C14H14N6O. The van der Waals surface area contributed by atoms with Gasteiger partial charge in [0.25, 0.3) is 5.91 Å². The minimum absolute atomic E-state index is 0.00468. The molecule has 0 aliphatic rings. The number of nitriles is 1. The largest absolute Gasteiger partial charge is 0.382 e. The smallest absolute Gasteiger partial charge is 0.253 e. The summed E-state index contributed by atoms with van der Waals surface area (Å²) in [5.41, 5.74) is 12.9. The van der Waals surface area contributed by atoms with Crippen molar-refractivity contribution in [3.63, 3.8) is 0 Å². The molecule has 2 rings (SSSR count). The third-order valence-electron chi connectivity index (χ3n) is 2.88. The summed E-state index contributed by atoms with van der Waals surface area (Å²) in [5, 5.41) is 9.16. The topological polar surface area (TPSA) is 122 Å². The van der Waals surface area contributed by atoms with Crippen LogP contribution in [0.4, 0.5) is 11.8 Å². The van der Waals surface area contributed by atoms with Crippen molar-refractivity contribution in [3.8, 4) is 17.3 Å². The number of hydrogen-bond acceptors (Lipinski definition) is 6. The molecule has 7 heteroatoms. The summed E-state index contributed by atoms with van der Waals surface area (Å²) in [6.07, 6.45) is 0. The molecule has 2 aromatic rings. The molecule has 0 aliphatic heterocycles. The third-order valence-corrected chi connectivity index (χ3v) is 2.88. The Balaban J connectivity index is 2.49. The number of carbonyl (C=O) groups is 1. The van der Waals surface area contributed by atoms with Crippen LogP contribution in [0.5, 0.6) is 0 Å². The summed E-state index contributed by atoms with van der Waals surface area (Å²) in [5.74, 6) is -0.0767. The molecule has 4 N–H and O–H groups in total. The number of hydrogen-bond donors (Lipinski definition) is 2. The van der Waals surface area contributed by atoms with Crippen molar-refractivity contribution in [2.24, 2.45) is 0 Å². The maximum Gasteiger partial charge on any atom is 0.253 e. The molecule has 0 spiro atoms. The molecule has 1 aromatic heterocycles. The molecule has 106 valence electrons. The standard InChI is InChI=1S/C14H14N6O/c1-20(2)13(21)9-5-3-8(4-6-9)11-10(7-15)12(16)19-14(17)18-11/h3-6H,1-2H3,(H4,16,17,18,19). The molecule has 0 saturated carbocycles. The maximum atomic E-state index is 11.8. The number of nitrogens with zero attached hydrogens (tertiary/aromatic N) is 4. The molecule has 21 heavy (non-hydrogen) atoms. The Bertz CT molecular complexity index is 730. The second-order valence-corrected chi connectivity index (χ2v) is 4.58. The lowest BCUT2D eigenvalue weighted by Crippen LogP contribution is -2.21. The lowest BCUT2D eigenvalue weighted by Gasteiger charge is -2.11. The number of nitrogen functional groups attached to an aromatic ring is 2. The van der Waals surface area contributed by atoms with E-state index in [2.05, 4.69) is 9.97 Å². The summed E-state index contributed by atoms with van der Waals surface area (Å²) >= 11 is 0. The Morgan fingerprint density at radius 2 is 1.81 bits per heavy atom. The molecule has 0 saturated heterocycles. The fourth-order valence-electron chi connectivity index (χ4n) is 1.84. The fourth-order valence-corrected chi connectivity index (χ4v) is 1.84. The van der Waals surface area contributed by atoms with E-state index in [4.69, 9.17) is 16.7 Å². The molecular weight excluding hydrogens is 268 g/mol. The van der Waals surface area contributed by atoms with Crippen molar-refractivity contribution in [2.45, 2.75) is 0 Å². The molecule has 0 radical (unpaired) electrons. The minimum Gasteiger partial charge on any atom is -0.382 e. The van der Waals surface area contributed by atoms with Gasteiger partial charge >= 0.3 is 0 Å². The number of amides is 1. The highest BCUT2D eigenvalue weighted by Gasteiger charge is 2.14. The maximum absolute atomic E-state index is 11.8. The Hall–Kier alpha value is -3.14. The molecule has 0 fully saturated rings. The Labute approximate surface area is 121 Å². The zero-order valence-electron chi connectivity index (χ0n) is 11.7. The molecule has 0 bridgehead atoms. The highest BCUT2D eigenvalue weighted by Crippen LogP contribution is 2.25. The highest BCUT2D eigenvalue weighted by molar-refractivity contribution is 5.94. The van der Waals surface area contributed by atoms with E-state index >= 15 is 0 Å². The number of aromatic nitrogens is 2. The second kappa shape index (κ2) is 5.46. The molecule has 1 aromatic carbocycles. The van der Waals surface area contributed by atoms with E-state index in [-0.39, 0.29) is 23.2 Å². The van der Waals surface area contributed by atoms with E-state index in [9.17, 15) is 4.79 Å². The molecule has 0 aliphatic carbocycles. The average Bonchev–Trinajstić information content (AvgIpc) is 2.46. The number of benzene rings is 1. The SMILES string of the molecule is CN(C)C(=O)c1ccc(-c2nc(N)nc(N)c2C#N)cc1. The van der Waals surface area contributed by atoms with E-state index in [1.807, 2.05) is 6.07 Å². The lowest BCUT2D eigenvalue weighted by atomic mass is 10.0. The normalized spacial score (nSPS) is 9.95. The lowest BCUT2D eigenvalue weighted by molar-refractivity contribution is 0.0827. The van der Waals surface area contributed by atoms with Crippen molar-refractivity contribution in [2.75, 3.05) is 25.6 Å². The summed E-state index contributed by atoms with van der Waals surface area (Å²) in [7, 11) is 3.35. The van der Waals surface area contributed by atoms with Gasteiger partial charge in [-0.25, -0.2) is 4.98 Å². The van der Waals surface area contributed by atoms with Crippen LogP contribution in [0.2, 0.25) is 0 Å². The first kappa shape index (κ1) is 14.3. The van der Waals surface area contributed by atoms with Crippen LogP contribution in [0.25, 0.3) is 11.3 Å². The van der Waals surface area contributed by atoms with Crippen molar-refractivity contribution in [3.05, 3.63) is 35.4 Å². The predicted octanol–water partition coefficient (Wildman–Crippen LogP) is 0.881. The van der Waals surface area contributed by atoms with Crippen LogP contribution < -0.4 is 11.5 Å². The van der Waals surface area contributed by atoms with Crippen LogP contribution in [0.1, 0.15) is 15.9 Å². The number of carbonyl (C=O) groups excluding carboxylic acids is 1. The van der Waals surface area contributed by atoms with E-state index in [1.165, 1.54) is 4.90 Å². The van der Waals surface area contributed by atoms with Crippen LogP contribution in [0.15, 0.2) is 24.3 Å². The Kier molecular flexibility index (Phi) is 3.71. The Morgan fingerprint density at radius 1 is 1.19 bits per heavy atom. The van der Waals surface area contributed by atoms with Gasteiger partial charge in [0.05, 0.1) is 5.69 Å². The van der Waals surface area contributed by atoms with Crippen LogP contribution in [0.3, 0.4) is 0 Å². The predicted molar refractivity (Wildman–Crippen MR) is 79.0 cm³/mol. The Morgan fingerprint density at radius 3 is 2.33 bits per heavy atom. The van der Waals surface area contributed by atoms with Gasteiger partial charge in [-0.3, -0.25) is 4.79 Å². The molecule has 7 nitrogen and oxygen atoms in total. The second-order valence-electron chi connectivity index (χ2n) is 4.58. The van der Waals surface area contributed by atoms with Gasteiger partial charge in [0.15, 0.2) is 0 Å². The number of nitrogens with two attached hydrogens (primary N) is 2. The van der Waals surface area contributed by atoms with Crippen LogP contribution >= 0.6 is 0 Å². The summed E-state index contributed by atoms with van der Waals surface area (Å²) in [6, 6.07) is 8.67. The van der Waals surface area contributed by atoms with Gasteiger partial charge in [0, 0.05) is 25.2 Å². The van der Waals surface area contributed by atoms with Crippen molar-refractivity contribution in [1.29, 1.82) is 5.26 Å². The molecule has 0 atom stereocenters. The quantitative estimate of drug-likeness (QED) is 0.843. The van der Waals surface area contributed by atoms with Crippen molar-refractivity contribution in [1.82, 2.24) is 14.9 Å². The fraction of sp³-hybridized carbons (Fsp3) is 0.143. The summed E-state index contributed by atoms with van der Waals surface area (Å²) in [6.45, 7) is 0. The van der Waals surface area contributed by atoms with Crippen LogP contribution in [0, 0.1) is 11.3 Å². The van der Waals surface area contributed by atoms with E-state index in [0.717, 1.165) is 0 Å². The van der Waals surface area contributed by atoms with Crippen molar-refractivity contribution >= 4 is 17.7 Å². The first-order chi connectivity index (χ1) is 9.93. The molecule has 0 unspecified atom stereocenters. The van der Waals surface area contributed by atoms with Gasteiger partial charge < -0.3 is 16.4 Å². The summed E-state index contributed by atoms with van der Waals surface area (Å²) < 4.78 is 0. The van der Waals surface area contributed by atoms with Gasteiger partial charge in [0.2, 0.25) is 5.95 Å². The molecule has 1 heterocycles. The van der Waals surface area contributed by atoms with E-state index in [0.29, 0.717) is 16.8 Å². The van der Waals surface area contributed by atoms with Gasteiger partial charge in [-0.1, -0.05) is 12.1 Å². The first-order valence-electron chi connectivity index (χ1n) is 6.09. The monoisotopic (exact) mass is 282 g/mol. The highest BCUT2D eigenvalue weighted by atomic mass is 16.2. The van der Waals surface area contributed by atoms with Gasteiger partial charge in [-0.05, 0) is 12.1 Å². The van der Waals surface area contributed by atoms with Crippen LogP contribution in [-0.4, -0.2) is 34.9 Å². The minimum atomic E-state index is -0.108. The number of rotatable bonds is 2. The van der Waals surface area contributed by atoms with Gasteiger partial charge in [-0.15, -0.1) is 0 Å². The van der Waals surface area contributed by atoms with E-state index in [1.54, 1.807) is 38.4 Å². The van der Waals surface area contributed by atoms with Gasteiger partial charge in [0.1, 0.15) is 17.5 Å². The zero-order chi connectivity index (χ0) is 15.6. The van der Waals surface area contributed by atoms with Gasteiger partial charge in [-0.2, -0.15) is 10.2 Å².